The molecule has 0 aliphatic carbocycles. The van der Waals surface area contributed by atoms with Gasteiger partial charge in [0.15, 0.2) is 0 Å². The molecule has 0 unspecified atom stereocenters. The van der Waals surface area contributed by atoms with Crippen LogP contribution >= 0.6 is 0 Å². The van der Waals surface area contributed by atoms with Crippen LogP contribution < -0.4 is 10.1 Å². The molecule has 0 heterocycles. The van der Waals surface area contributed by atoms with Gasteiger partial charge in [-0.3, -0.25) is 9.69 Å². The van der Waals surface area contributed by atoms with Crippen molar-refractivity contribution in [2.24, 2.45) is 0 Å². The summed E-state index contributed by atoms with van der Waals surface area (Å²) in [6.07, 6.45) is 0. The molecule has 0 saturated heterocycles. The van der Waals surface area contributed by atoms with Crippen molar-refractivity contribution < 1.29 is 17.9 Å². The Labute approximate surface area is 167 Å². The molecule has 0 aliphatic rings. The summed E-state index contributed by atoms with van der Waals surface area (Å²) in [5.74, 6) is 0.0335. The minimum absolute atomic E-state index is 0.0230. The first-order chi connectivity index (χ1) is 13.2. The first-order valence-corrected chi connectivity index (χ1v) is 10.4. The largest absolute Gasteiger partial charge is 0.492 e. The summed E-state index contributed by atoms with van der Waals surface area (Å²) in [6.45, 7) is 2.94. The summed E-state index contributed by atoms with van der Waals surface area (Å²) in [4.78, 5) is 14.3. The minimum atomic E-state index is -3.71. The molecule has 28 heavy (non-hydrogen) atoms. The first-order valence-electron chi connectivity index (χ1n) is 8.95. The number of hydrogen-bond donors (Lipinski definition) is 1. The number of carbonyl (C=O) groups is 1. The Bertz CT molecular complexity index is 899. The SMILES string of the molecule is CCOc1ccc(NC(=O)CN(C)Cc2ccccc2)cc1S(=O)(=O)N(C)C. The van der Waals surface area contributed by atoms with E-state index in [1.165, 1.54) is 20.2 Å². The van der Waals surface area contributed by atoms with E-state index < -0.39 is 10.0 Å². The van der Waals surface area contributed by atoms with E-state index in [9.17, 15) is 13.2 Å². The van der Waals surface area contributed by atoms with Crippen LogP contribution in [0.25, 0.3) is 0 Å². The molecule has 2 rings (SSSR count). The van der Waals surface area contributed by atoms with Crippen LogP contribution in [-0.2, 0) is 21.4 Å². The minimum Gasteiger partial charge on any atom is -0.492 e. The normalized spacial score (nSPS) is 11.6. The van der Waals surface area contributed by atoms with Crippen molar-refractivity contribution in [2.75, 3.05) is 39.6 Å². The Kier molecular flexibility index (Phi) is 7.56. The number of sulfonamides is 1. The third-order valence-corrected chi connectivity index (χ3v) is 5.83. The maximum Gasteiger partial charge on any atom is 0.246 e. The molecule has 0 fully saturated rings. The Morgan fingerprint density at radius 1 is 1.07 bits per heavy atom. The predicted octanol–water partition coefficient (Wildman–Crippen LogP) is 2.41. The average molecular weight is 406 g/mol. The molecular weight excluding hydrogens is 378 g/mol. The van der Waals surface area contributed by atoms with E-state index in [2.05, 4.69) is 5.32 Å². The number of nitrogens with zero attached hydrogens (tertiary/aromatic N) is 2. The van der Waals surface area contributed by atoms with Gasteiger partial charge in [0, 0.05) is 26.3 Å². The molecule has 0 saturated carbocycles. The second-order valence-corrected chi connectivity index (χ2v) is 8.71. The number of hydrogen-bond acceptors (Lipinski definition) is 5. The zero-order valence-electron chi connectivity index (χ0n) is 16.7. The number of nitrogens with one attached hydrogen (secondary N) is 1. The van der Waals surface area contributed by atoms with E-state index in [-0.39, 0.29) is 23.1 Å². The highest BCUT2D eigenvalue weighted by Crippen LogP contribution is 2.29. The van der Waals surface area contributed by atoms with Crippen molar-refractivity contribution in [2.45, 2.75) is 18.4 Å². The van der Waals surface area contributed by atoms with Gasteiger partial charge in [0.2, 0.25) is 15.9 Å². The fourth-order valence-corrected chi connectivity index (χ4v) is 3.71. The van der Waals surface area contributed by atoms with Gasteiger partial charge in [-0.2, -0.15) is 0 Å². The molecule has 0 radical (unpaired) electrons. The molecule has 0 aromatic heterocycles. The van der Waals surface area contributed by atoms with Crippen molar-refractivity contribution in [3.63, 3.8) is 0 Å². The van der Waals surface area contributed by atoms with Gasteiger partial charge in [0.25, 0.3) is 0 Å². The lowest BCUT2D eigenvalue weighted by Gasteiger charge is -2.18. The van der Waals surface area contributed by atoms with Crippen LogP contribution in [0.4, 0.5) is 5.69 Å². The van der Waals surface area contributed by atoms with Crippen LogP contribution in [0.2, 0.25) is 0 Å². The van der Waals surface area contributed by atoms with Gasteiger partial charge in [-0.05, 0) is 37.7 Å². The number of carbonyl (C=O) groups excluding carboxylic acids is 1. The van der Waals surface area contributed by atoms with Crippen LogP contribution in [0, 0.1) is 0 Å². The molecule has 0 spiro atoms. The maximum absolute atomic E-state index is 12.6. The van der Waals surface area contributed by atoms with Crippen molar-refractivity contribution in [1.82, 2.24) is 9.21 Å². The van der Waals surface area contributed by atoms with Crippen molar-refractivity contribution in [3.8, 4) is 5.75 Å². The summed E-state index contributed by atoms with van der Waals surface area (Å²) in [5.41, 5.74) is 1.51. The monoisotopic (exact) mass is 405 g/mol. The van der Waals surface area contributed by atoms with Gasteiger partial charge in [0.1, 0.15) is 10.6 Å². The maximum atomic E-state index is 12.6. The van der Waals surface area contributed by atoms with Crippen molar-refractivity contribution >= 4 is 21.6 Å². The lowest BCUT2D eigenvalue weighted by Crippen LogP contribution is -2.30. The van der Waals surface area contributed by atoms with Crippen LogP contribution in [-0.4, -0.2) is 57.8 Å². The van der Waals surface area contributed by atoms with Gasteiger partial charge in [-0.1, -0.05) is 30.3 Å². The average Bonchev–Trinajstić information content (AvgIpc) is 2.63. The topological polar surface area (TPSA) is 79.0 Å². The highest BCUT2D eigenvalue weighted by atomic mass is 32.2. The van der Waals surface area contributed by atoms with Gasteiger partial charge in [0.05, 0.1) is 13.2 Å². The van der Waals surface area contributed by atoms with Crippen molar-refractivity contribution in [3.05, 3.63) is 54.1 Å². The molecule has 2 aromatic carbocycles. The molecule has 1 N–H and O–H groups in total. The van der Waals surface area contributed by atoms with Gasteiger partial charge < -0.3 is 10.1 Å². The first kappa shape index (κ1) is 21.9. The van der Waals surface area contributed by atoms with Crippen LogP contribution in [0.15, 0.2) is 53.4 Å². The van der Waals surface area contributed by atoms with Crippen LogP contribution in [0.1, 0.15) is 12.5 Å². The zero-order chi connectivity index (χ0) is 20.7. The molecule has 0 aliphatic heterocycles. The quantitative estimate of drug-likeness (QED) is 0.693. The second-order valence-electron chi connectivity index (χ2n) is 6.59. The fourth-order valence-electron chi connectivity index (χ4n) is 2.66. The summed E-state index contributed by atoms with van der Waals surface area (Å²) in [6, 6.07) is 14.5. The predicted molar refractivity (Wildman–Crippen MR) is 110 cm³/mol. The van der Waals surface area contributed by atoms with E-state index in [1.54, 1.807) is 19.1 Å². The molecular formula is C20H27N3O4S. The molecule has 7 nitrogen and oxygen atoms in total. The van der Waals surface area contributed by atoms with E-state index in [4.69, 9.17) is 4.74 Å². The van der Waals surface area contributed by atoms with Gasteiger partial charge in [-0.15, -0.1) is 0 Å². The molecule has 152 valence electrons. The Balaban J connectivity index is 2.11. The van der Waals surface area contributed by atoms with Gasteiger partial charge >= 0.3 is 0 Å². The number of benzene rings is 2. The van der Waals surface area contributed by atoms with E-state index in [1.807, 2.05) is 42.3 Å². The van der Waals surface area contributed by atoms with Gasteiger partial charge in [-0.25, -0.2) is 12.7 Å². The number of anilines is 1. The lowest BCUT2D eigenvalue weighted by atomic mass is 10.2. The molecule has 8 heteroatoms. The number of likely N-dealkylation sites (N-methyl/N-ethyl adjacent to an activating group) is 1. The van der Waals surface area contributed by atoms with Crippen LogP contribution in [0.5, 0.6) is 5.75 Å². The highest BCUT2D eigenvalue weighted by Gasteiger charge is 2.23. The standard InChI is InChI=1S/C20H27N3O4S/c1-5-27-18-12-11-17(13-19(18)28(25,26)22(2)3)21-20(24)15-23(4)14-16-9-7-6-8-10-16/h6-13H,5,14-15H2,1-4H3,(H,21,24). The lowest BCUT2D eigenvalue weighted by molar-refractivity contribution is -0.117. The smallest absolute Gasteiger partial charge is 0.246 e. The highest BCUT2D eigenvalue weighted by molar-refractivity contribution is 7.89. The number of ether oxygens (including phenoxy) is 1. The molecule has 1 amide bonds. The third-order valence-electron chi connectivity index (χ3n) is 3.99. The second kappa shape index (κ2) is 9.68. The molecule has 2 aromatic rings. The Morgan fingerprint density at radius 3 is 2.36 bits per heavy atom. The van der Waals surface area contributed by atoms with Crippen molar-refractivity contribution in [1.29, 1.82) is 0 Å². The van der Waals surface area contributed by atoms with E-state index in [0.717, 1.165) is 9.87 Å². The van der Waals surface area contributed by atoms with Crippen LogP contribution in [0.3, 0.4) is 0 Å². The molecule has 0 atom stereocenters. The Hall–Kier alpha value is -2.42. The zero-order valence-corrected chi connectivity index (χ0v) is 17.5. The summed E-state index contributed by atoms with van der Waals surface area (Å²) in [5, 5.41) is 2.76. The summed E-state index contributed by atoms with van der Waals surface area (Å²) >= 11 is 0. The summed E-state index contributed by atoms with van der Waals surface area (Å²) < 4.78 is 31.7. The Morgan fingerprint density at radius 2 is 1.75 bits per heavy atom. The molecule has 0 bridgehead atoms. The number of amides is 1. The summed E-state index contributed by atoms with van der Waals surface area (Å²) in [7, 11) is 1.06. The number of rotatable bonds is 9. The third kappa shape index (κ3) is 5.79. The fraction of sp³-hybridized carbons (Fsp3) is 0.350. The van der Waals surface area contributed by atoms with E-state index >= 15 is 0 Å². The van der Waals surface area contributed by atoms with E-state index in [0.29, 0.717) is 18.8 Å².